The molecule has 0 N–H and O–H groups in total. The third-order valence-corrected chi connectivity index (χ3v) is 9.16. The van der Waals surface area contributed by atoms with Crippen LogP contribution < -0.4 is 0 Å². The molecule has 2 nitrogen and oxygen atoms in total. The predicted molar refractivity (Wildman–Crippen MR) is 131 cm³/mol. The number of fused-ring (bicyclic) bond motifs is 1. The van der Waals surface area contributed by atoms with Crippen LogP contribution in [0.5, 0.6) is 0 Å². The average Bonchev–Trinajstić information content (AvgIpc) is 3.19. The number of nitrogens with zero attached hydrogens (tertiary/aromatic N) is 1. The standard InChI is InChI=1S/C27H27NO.2ClH.Ti/c1-3-11-26(29)28-19(2)22-15-9-10-17-24(22)27-23-16-8-7-14-21(23)18-25(27)20-12-5-4-6-13-20;;;/h4-10,12-19,27H,3,11H2,1-2H3,(H,28,29);2*1H;/q;;;+3/p-3. The van der Waals surface area contributed by atoms with E-state index in [4.69, 9.17) is 18.6 Å². The summed E-state index contributed by atoms with van der Waals surface area (Å²) < 4.78 is 1.76. The Bertz CT molecular complexity index is 1130. The van der Waals surface area contributed by atoms with E-state index in [1.165, 1.54) is 27.8 Å². The molecular formula is C27H26Cl2NOTi. The van der Waals surface area contributed by atoms with Crippen LogP contribution in [0, 0.1) is 0 Å². The summed E-state index contributed by atoms with van der Waals surface area (Å²) in [7, 11) is 12.9. The van der Waals surface area contributed by atoms with Crippen molar-refractivity contribution in [3.63, 3.8) is 0 Å². The fourth-order valence-corrected chi connectivity index (χ4v) is 7.75. The van der Waals surface area contributed by atoms with Gasteiger partial charge in [-0.05, 0) is 0 Å². The SMILES string of the molecule is CCCC(=O)[N](C(C)c1ccccc1C1C(c2ccccc2)=Cc2ccccc21)[Ti]([Cl])[Cl]. The minimum atomic E-state index is -2.68. The van der Waals surface area contributed by atoms with Crippen molar-refractivity contribution < 1.29 is 20.8 Å². The Labute approximate surface area is 204 Å². The van der Waals surface area contributed by atoms with Crippen molar-refractivity contribution in [2.24, 2.45) is 0 Å². The summed E-state index contributed by atoms with van der Waals surface area (Å²) in [5.74, 6) is 0.130. The quantitative estimate of drug-likeness (QED) is 0.303. The molecule has 0 spiro atoms. The molecule has 3 aromatic rings. The molecule has 4 rings (SSSR count). The first-order valence-electron chi connectivity index (χ1n) is 11.0. The van der Waals surface area contributed by atoms with Crippen molar-refractivity contribution in [3.8, 4) is 0 Å². The van der Waals surface area contributed by atoms with Gasteiger partial charge in [-0.1, -0.05) is 0 Å². The Morgan fingerprint density at radius 3 is 2.25 bits per heavy atom. The van der Waals surface area contributed by atoms with Gasteiger partial charge >= 0.3 is 206 Å². The molecule has 0 saturated carbocycles. The van der Waals surface area contributed by atoms with E-state index in [1.54, 1.807) is 3.38 Å². The van der Waals surface area contributed by atoms with Gasteiger partial charge in [0.2, 0.25) is 0 Å². The van der Waals surface area contributed by atoms with Gasteiger partial charge in [0.15, 0.2) is 0 Å². The van der Waals surface area contributed by atoms with Crippen LogP contribution in [0.15, 0.2) is 78.9 Å². The Hall–Kier alpha value is -1.84. The molecule has 0 heterocycles. The number of hydrogen-bond acceptors (Lipinski definition) is 1. The fourth-order valence-electron chi connectivity index (χ4n) is 4.62. The molecule has 32 heavy (non-hydrogen) atoms. The topological polar surface area (TPSA) is 20.3 Å². The van der Waals surface area contributed by atoms with E-state index in [9.17, 15) is 4.79 Å². The summed E-state index contributed by atoms with van der Waals surface area (Å²) in [6.07, 6.45) is 3.53. The Balaban J connectivity index is 1.83. The summed E-state index contributed by atoms with van der Waals surface area (Å²) in [6.45, 7) is 4.06. The molecule has 0 aromatic heterocycles. The van der Waals surface area contributed by atoms with Gasteiger partial charge in [-0.3, -0.25) is 0 Å². The Morgan fingerprint density at radius 1 is 0.938 bits per heavy atom. The number of benzene rings is 3. The summed E-state index contributed by atoms with van der Waals surface area (Å²) in [5, 5.41) is 0. The minimum absolute atomic E-state index is 0.0421. The molecular weight excluding hydrogens is 473 g/mol. The van der Waals surface area contributed by atoms with Gasteiger partial charge in [-0.25, -0.2) is 0 Å². The van der Waals surface area contributed by atoms with Gasteiger partial charge in [0.05, 0.1) is 0 Å². The van der Waals surface area contributed by atoms with E-state index >= 15 is 0 Å². The molecule has 3 aromatic carbocycles. The summed E-state index contributed by atoms with van der Waals surface area (Å²) in [5.41, 5.74) is 7.30. The number of amides is 1. The van der Waals surface area contributed by atoms with Crippen molar-refractivity contribution in [3.05, 3.63) is 107 Å². The molecule has 0 fully saturated rings. The van der Waals surface area contributed by atoms with Crippen molar-refractivity contribution in [1.29, 1.82) is 0 Å². The van der Waals surface area contributed by atoms with Crippen LogP contribution in [0.25, 0.3) is 11.6 Å². The summed E-state index contributed by atoms with van der Waals surface area (Å²) >= 11 is -2.68. The van der Waals surface area contributed by atoms with E-state index in [1.807, 2.05) is 19.1 Å². The van der Waals surface area contributed by atoms with Gasteiger partial charge in [-0.2, -0.15) is 0 Å². The third kappa shape index (κ3) is 4.61. The van der Waals surface area contributed by atoms with Crippen LogP contribution in [0.3, 0.4) is 0 Å². The van der Waals surface area contributed by atoms with E-state index in [0.717, 1.165) is 12.0 Å². The van der Waals surface area contributed by atoms with Crippen LogP contribution in [0.2, 0.25) is 0 Å². The number of rotatable bonds is 7. The molecule has 1 aliphatic rings. The van der Waals surface area contributed by atoms with Gasteiger partial charge < -0.3 is 0 Å². The van der Waals surface area contributed by atoms with Crippen LogP contribution >= 0.6 is 18.6 Å². The molecule has 1 amide bonds. The van der Waals surface area contributed by atoms with Crippen LogP contribution in [0.1, 0.15) is 66.5 Å². The van der Waals surface area contributed by atoms with Gasteiger partial charge in [-0.15, -0.1) is 0 Å². The van der Waals surface area contributed by atoms with E-state index in [0.29, 0.717) is 6.42 Å². The number of hydrogen-bond donors (Lipinski definition) is 0. The predicted octanol–water partition coefficient (Wildman–Crippen LogP) is 7.90. The average molecular weight is 499 g/mol. The molecule has 1 aliphatic carbocycles. The van der Waals surface area contributed by atoms with E-state index in [2.05, 4.69) is 79.7 Å². The van der Waals surface area contributed by atoms with Crippen molar-refractivity contribution in [2.45, 2.75) is 38.6 Å². The van der Waals surface area contributed by atoms with Crippen molar-refractivity contribution >= 4 is 36.2 Å². The monoisotopic (exact) mass is 498 g/mol. The van der Waals surface area contributed by atoms with Crippen LogP contribution in [0.4, 0.5) is 0 Å². The second-order valence-electron chi connectivity index (χ2n) is 8.09. The maximum absolute atomic E-state index is 12.9. The van der Waals surface area contributed by atoms with E-state index < -0.39 is 16.0 Å². The first kappa shape index (κ1) is 23.3. The molecule has 2 unspecified atom stereocenters. The molecule has 0 aliphatic heterocycles. The zero-order chi connectivity index (χ0) is 22.7. The second-order valence-corrected chi connectivity index (χ2v) is 13.3. The molecule has 5 heteroatoms. The number of carbonyl (C=O) groups is 1. The van der Waals surface area contributed by atoms with Crippen molar-refractivity contribution in [2.75, 3.05) is 0 Å². The van der Waals surface area contributed by atoms with E-state index in [-0.39, 0.29) is 17.9 Å². The Kier molecular flexibility index (Phi) is 7.58. The van der Waals surface area contributed by atoms with Gasteiger partial charge in [0.25, 0.3) is 0 Å². The molecule has 163 valence electrons. The van der Waals surface area contributed by atoms with Gasteiger partial charge in [0, 0.05) is 0 Å². The zero-order valence-corrected chi connectivity index (χ0v) is 21.3. The Morgan fingerprint density at radius 2 is 1.56 bits per heavy atom. The number of allylic oxidation sites excluding steroid dienone is 1. The number of carbonyl (C=O) groups excluding carboxylic acids is 1. The molecule has 0 radical (unpaired) electrons. The first-order valence-corrected chi connectivity index (χ1v) is 16.0. The van der Waals surface area contributed by atoms with Crippen LogP contribution in [-0.2, 0) is 20.8 Å². The molecule has 0 bridgehead atoms. The van der Waals surface area contributed by atoms with Crippen LogP contribution in [-0.4, -0.2) is 9.29 Å². The third-order valence-electron chi connectivity index (χ3n) is 6.10. The second kappa shape index (κ2) is 10.4. The normalized spacial score (nSPS) is 15.6. The maximum atomic E-state index is 12.9. The molecule has 2 atom stereocenters. The zero-order valence-electron chi connectivity index (χ0n) is 18.3. The summed E-state index contributed by atoms with van der Waals surface area (Å²) in [4.78, 5) is 12.9. The first-order chi connectivity index (χ1) is 15.5. The van der Waals surface area contributed by atoms with Crippen molar-refractivity contribution in [1.82, 2.24) is 3.38 Å². The summed E-state index contributed by atoms with van der Waals surface area (Å²) in [6, 6.07) is 27.3. The number of halogens is 2. The fraction of sp³-hybridized carbons (Fsp3) is 0.222. The molecule has 0 saturated heterocycles. The van der Waals surface area contributed by atoms with Gasteiger partial charge in [0.1, 0.15) is 0 Å².